The second-order valence-electron chi connectivity index (χ2n) is 5.25. The maximum Gasteiger partial charge on any atom is 0.251 e. The van der Waals surface area contributed by atoms with E-state index in [0.29, 0.717) is 18.4 Å². The van der Waals surface area contributed by atoms with Crippen molar-refractivity contribution in [2.24, 2.45) is 0 Å². The molecule has 0 saturated carbocycles. The first-order chi connectivity index (χ1) is 10.1. The molecule has 0 spiro atoms. The minimum atomic E-state index is -0.819. The molecule has 0 aliphatic rings. The molecule has 2 rings (SSSR count). The molecule has 0 saturated heterocycles. The third-order valence-electron chi connectivity index (χ3n) is 3.93. The molecule has 0 fully saturated rings. The standard InChI is InChI=1S/C17H22N2O2/c1-3-17(21,4-2)13-18-16(20)14-7-9-15(10-8-14)19-11-5-6-12-19/h5-12,21H,3-4,13H2,1-2H3,(H,18,20). The summed E-state index contributed by atoms with van der Waals surface area (Å²) >= 11 is 0. The van der Waals surface area contributed by atoms with Crippen LogP contribution in [0.4, 0.5) is 0 Å². The van der Waals surface area contributed by atoms with E-state index < -0.39 is 5.60 Å². The van der Waals surface area contributed by atoms with Gasteiger partial charge in [-0.05, 0) is 49.2 Å². The molecule has 112 valence electrons. The van der Waals surface area contributed by atoms with Gasteiger partial charge in [0.1, 0.15) is 0 Å². The number of amides is 1. The summed E-state index contributed by atoms with van der Waals surface area (Å²) in [5, 5.41) is 13.0. The first-order valence-electron chi connectivity index (χ1n) is 7.32. The normalized spacial score (nSPS) is 11.4. The first-order valence-corrected chi connectivity index (χ1v) is 7.32. The molecule has 21 heavy (non-hydrogen) atoms. The summed E-state index contributed by atoms with van der Waals surface area (Å²) < 4.78 is 1.98. The second kappa shape index (κ2) is 6.59. The van der Waals surface area contributed by atoms with Crippen LogP contribution < -0.4 is 5.32 Å². The fraction of sp³-hybridized carbons (Fsp3) is 0.353. The van der Waals surface area contributed by atoms with Crippen molar-refractivity contribution in [3.05, 3.63) is 54.4 Å². The molecule has 0 aliphatic carbocycles. The number of aromatic nitrogens is 1. The van der Waals surface area contributed by atoms with E-state index in [0.717, 1.165) is 5.69 Å². The molecule has 0 radical (unpaired) electrons. The molecule has 0 unspecified atom stereocenters. The zero-order chi connectivity index (χ0) is 15.3. The molecule has 0 bridgehead atoms. The molecule has 1 amide bonds. The maximum atomic E-state index is 12.1. The van der Waals surface area contributed by atoms with Gasteiger partial charge in [0.15, 0.2) is 0 Å². The van der Waals surface area contributed by atoms with E-state index in [2.05, 4.69) is 5.32 Å². The van der Waals surface area contributed by atoms with E-state index >= 15 is 0 Å². The molecule has 2 aromatic rings. The van der Waals surface area contributed by atoms with E-state index in [1.807, 2.05) is 55.1 Å². The quantitative estimate of drug-likeness (QED) is 0.858. The zero-order valence-corrected chi connectivity index (χ0v) is 12.5. The Morgan fingerprint density at radius 2 is 1.71 bits per heavy atom. The summed E-state index contributed by atoms with van der Waals surface area (Å²) in [5.74, 6) is -0.158. The lowest BCUT2D eigenvalue weighted by Crippen LogP contribution is -2.42. The Morgan fingerprint density at radius 3 is 2.24 bits per heavy atom. The second-order valence-corrected chi connectivity index (χ2v) is 5.25. The molecule has 0 atom stereocenters. The maximum absolute atomic E-state index is 12.1. The Labute approximate surface area is 125 Å². The van der Waals surface area contributed by atoms with Crippen LogP contribution in [0.2, 0.25) is 0 Å². The van der Waals surface area contributed by atoms with Crippen molar-refractivity contribution >= 4 is 5.91 Å². The smallest absolute Gasteiger partial charge is 0.251 e. The molecular formula is C17H22N2O2. The van der Waals surface area contributed by atoms with Gasteiger partial charge in [-0.1, -0.05) is 13.8 Å². The minimum absolute atomic E-state index is 0.158. The lowest BCUT2D eigenvalue weighted by atomic mass is 9.97. The zero-order valence-electron chi connectivity index (χ0n) is 12.5. The summed E-state index contributed by atoms with van der Waals surface area (Å²) in [6.07, 6.45) is 5.15. The highest BCUT2D eigenvalue weighted by molar-refractivity contribution is 5.94. The molecule has 2 N–H and O–H groups in total. The van der Waals surface area contributed by atoms with Gasteiger partial charge in [-0.25, -0.2) is 0 Å². The summed E-state index contributed by atoms with van der Waals surface area (Å²) in [6.45, 7) is 4.11. The molecule has 4 heteroatoms. The fourth-order valence-electron chi connectivity index (χ4n) is 2.14. The molecule has 0 aliphatic heterocycles. The van der Waals surface area contributed by atoms with Crippen molar-refractivity contribution in [2.45, 2.75) is 32.3 Å². The molecule has 1 heterocycles. The van der Waals surface area contributed by atoms with Crippen LogP contribution in [0.3, 0.4) is 0 Å². The fourth-order valence-corrected chi connectivity index (χ4v) is 2.14. The van der Waals surface area contributed by atoms with Crippen LogP contribution in [0.5, 0.6) is 0 Å². The van der Waals surface area contributed by atoms with Gasteiger partial charge in [-0.15, -0.1) is 0 Å². The van der Waals surface area contributed by atoms with Crippen LogP contribution in [-0.4, -0.2) is 27.7 Å². The summed E-state index contributed by atoms with van der Waals surface area (Å²) in [6, 6.07) is 11.3. The molecule has 1 aromatic heterocycles. The van der Waals surface area contributed by atoms with Gasteiger partial charge >= 0.3 is 0 Å². The number of rotatable bonds is 6. The Hall–Kier alpha value is -2.07. The van der Waals surface area contributed by atoms with Gasteiger partial charge < -0.3 is 15.0 Å². The topological polar surface area (TPSA) is 54.3 Å². The third kappa shape index (κ3) is 3.73. The average Bonchev–Trinajstić information content (AvgIpc) is 3.07. The monoisotopic (exact) mass is 286 g/mol. The van der Waals surface area contributed by atoms with Gasteiger partial charge in [-0.2, -0.15) is 0 Å². The number of nitrogens with zero attached hydrogens (tertiary/aromatic N) is 1. The SMILES string of the molecule is CCC(O)(CC)CNC(=O)c1ccc(-n2cccc2)cc1. The van der Waals surface area contributed by atoms with E-state index in [1.54, 1.807) is 12.1 Å². The van der Waals surface area contributed by atoms with E-state index in [1.165, 1.54) is 0 Å². The summed E-state index contributed by atoms with van der Waals surface area (Å²) in [4.78, 5) is 12.1. The predicted molar refractivity (Wildman–Crippen MR) is 83.6 cm³/mol. The van der Waals surface area contributed by atoms with Crippen LogP contribution >= 0.6 is 0 Å². The highest BCUT2D eigenvalue weighted by Gasteiger charge is 2.22. The number of aliphatic hydroxyl groups is 1. The van der Waals surface area contributed by atoms with Crippen molar-refractivity contribution < 1.29 is 9.90 Å². The lowest BCUT2D eigenvalue weighted by molar-refractivity contribution is 0.0314. The Kier molecular flexibility index (Phi) is 4.81. The van der Waals surface area contributed by atoms with Crippen molar-refractivity contribution in [1.29, 1.82) is 0 Å². The van der Waals surface area contributed by atoms with Crippen LogP contribution in [0.15, 0.2) is 48.8 Å². The summed E-state index contributed by atoms with van der Waals surface area (Å²) in [5.41, 5.74) is 0.788. The first kappa shape index (κ1) is 15.3. The van der Waals surface area contributed by atoms with E-state index in [4.69, 9.17) is 0 Å². The number of benzene rings is 1. The number of hydrogen-bond acceptors (Lipinski definition) is 2. The Bertz CT molecular complexity index is 569. The van der Waals surface area contributed by atoms with Crippen LogP contribution in [0, 0.1) is 0 Å². The number of nitrogens with one attached hydrogen (secondary N) is 1. The van der Waals surface area contributed by atoms with Crippen molar-refractivity contribution in [2.75, 3.05) is 6.54 Å². The van der Waals surface area contributed by atoms with Gasteiger partial charge in [0.05, 0.1) is 5.60 Å². The number of hydrogen-bond donors (Lipinski definition) is 2. The molecule has 1 aromatic carbocycles. The highest BCUT2D eigenvalue weighted by Crippen LogP contribution is 2.14. The Balaban J connectivity index is 2.00. The minimum Gasteiger partial charge on any atom is -0.388 e. The van der Waals surface area contributed by atoms with Gasteiger partial charge in [-0.3, -0.25) is 4.79 Å². The molecule has 4 nitrogen and oxygen atoms in total. The van der Waals surface area contributed by atoms with Crippen molar-refractivity contribution in [3.63, 3.8) is 0 Å². The number of carbonyl (C=O) groups excluding carboxylic acids is 1. The van der Waals surface area contributed by atoms with Gasteiger partial charge in [0, 0.05) is 30.2 Å². The van der Waals surface area contributed by atoms with Gasteiger partial charge in [0.2, 0.25) is 0 Å². The van der Waals surface area contributed by atoms with Crippen LogP contribution in [0.1, 0.15) is 37.0 Å². The Morgan fingerprint density at radius 1 is 1.14 bits per heavy atom. The largest absolute Gasteiger partial charge is 0.388 e. The van der Waals surface area contributed by atoms with Crippen molar-refractivity contribution in [1.82, 2.24) is 9.88 Å². The van der Waals surface area contributed by atoms with Crippen LogP contribution in [0.25, 0.3) is 5.69 Å². The molecular weight excluding hydrogens is 264 g/mol. The van der Waals surface area contributed by atoms with E-state index in [-0.39, 0.29) is 12.5 Å². The number of carbonyl (C=O) groups is 1. The van der Waals surface area contributed by atoms with E-state index in [9.17, 15) is 9.90 Å². The van der Waals surface area contributed by atoms with Crippen molar-refractivity contribution in [3.8, 4) is 5.69 Å². The van der Waals surface area contributed by atoms with Crippen LogP contribution in [-0.2, 0) is 0 Å². The summed E-state index contributed by atoms with van der Waals surface area (Å²) in [7, 11) is 0. The predicted octanol–water partition coefficient (Wildman–Crippen LogP) is 2.76. The lowest BCUT2D eigenvalue weighted by Gasteiger charge is -2.25. The highest BCUT2D eigenvalue weighted by atomic mass is 16.3. The average molecular weight is 286 g/mol. The van der Waals surface area contributed by atoms with Gasteiger partial charge in [0.25, 0.3) is 5.91 Å². The third-order valence-corrected chi connectivity index (χ3v) is 3.93.